The number of methoxy groups -OCH3 is 1. The van der Waals surface area contributed by atoms with Crippen molar-refractivity contribution in [1.29, 1.82) is 0 Å². The highest BCUT2D eigenvalue weighted by Crippen LogP contribution is 2.32. The van der Waals surface area contributed by atoms with Crippen LogP contribution in [-0.4, -0.2) is 41.6 Å². The summed E-state index contributed by atoms with van der Waals surface area (Å²) in [4.78, 5) is 11.7. The average molecular weight is 376 g/mol. The fourth-order valence-electron chi connectivity index (χ4n) is 2.28. The van der Waals surface area contributed by atoms with Crippen LogP contribution in [0.4, 0.5) is 5.69 Å². The maximum Gasteiger partial charge on any atom is 0.244 e. The van der Waals surface area contributed by atoms with E-state index in [2.05, 4.69) is 4.72 Å². The number of carbonyl (C=O) groups is 1. The van der Waals surface area contributed by atoms with Crippen molar-refractivity contribution in [2.45, 2.75) is 37.6 Å². The minimum atomic E-state index is -3.93. The van der Waals surface area contributed by atoms with Crippen molar-refractivity contribution >= 4 is 31.6 Å². The number of hydrogen-bond acceptors (Lipinski definition) is 6. The van der Waals surface area contributed by atoms with Crippen molar-refractivity contribution in [2.24, 2.45) is 0 Å². The number of amides is 1. The molecular formula is C14H20N2O6S2. The van der Waals surface area contributed by atoms with E-state index in [0.29, 0.717) is 10.7 Å². The number of nitrogens with zero attached hydrogens (tertiary/aromatic N) is 1. The highest BCUT2D eigenvalue weighted by Gasteiger charge is 2.37. The van der Waals surface area contributed by atoms with Gasteiger partial charge in [0.15, 0.2) is 0 Å². The van der Waals surface area contributed by atoms with Gasteiger partial charge in [-0.25, -0.2) is 25.9 Å². The summed E-state index contributed by atoms with van der Waals surface area (Å²) in [5.41, 5.74) is -0.0113. The molecule has 1 aromatic rings. The molecule has 1 aliphatic heterocycles. The van der Waals surface area contributed by atoms with Crippen molar-refractivity contribution in [3.8, 4) is 5.75 Å². The number of rotatable bonds is 6. The fraction of sp³-hybridized carbons (Fsp3) is 0.500. The molecule has 1 aromatic carbocycles. The van der Waals surface area contributed by atoms with Gasteiger partial charge in [-0.15, -0.1) is 0 Å². The van der Waals surface area contributed by atoms with Crippen LogP contribution in [0.5, 0.6) is 5.75 Å². The molecule has 0 spiro atoms. The van der Waals surface area contributed by atoms with Crippen LogP contribution in [0.15, 0.2) is 23.1 Å². The smallest absolute Gasteiger partial charge is 0.244 e. The summed E-state index contributed by atoms with van der Waals surface area (Å²) in [7, 11) is -6.39. The number of sulfonamides is 2. The first kappa shape index (κ1) is 18.7. The van der Waals surface area contributed by atoms with Crippen LogP contribution in [0, 0.1) is 0 Å². The summed E-state index contributed by atoms with van der Waals surface area (Å²) in [6.45, 7) is 3.54. The monoisotopic (exact) mass is 376 g/mol. The third-order valence-electron chi connectivity index (χ3n) is 3.72. The van der Waals surface area contributed by atoms with E-state index in [0.717, 1.165) is 6.07 Å². The Morgan fingerprint density at radius 3 is 2.54 bits per heavy atom. The van der Waals surface area contributed by atoms with Crippen LogP contribution >= 0.6 is 0 Å². The van der Waals surface area contributed by atoms with Crippen molar-refractivity contribution < 1.29 is 26.4 Å². The Bertz CT molecular complexity index is 848. The van der Waals surface area contributed by atoms with E-state index < -0.39 is 26.0 Å². The molecule has 0 aliphatic carbocycles. The first-order valence-electron chi connectivity index (χ1n) is 7.38. The molecule has 1 aliphatic rings. The van der Waals surface area contributed by atoms with Crippen LogP contribution in [0.2, 0.25) is 0 Å². The molecule has 1 heterocycles. The van der Waals surface area contributed by atoms with Gasteiger partial charge in [0.05, 0.1) is 18.6 Å². The van der Waals surface area contributed by atoms with Crippen molar-refractivity contribution in [3.05, 3.63) is 18.2 Å². The molecule has 1 fully saturated rings. The highest BCUT2D eigenvalue weighted by atomic mass is 32.2. The van der Waals surface area contributed by atoms with Gasteiger partial charge in [-0.1, -0.05) is 6.92 Å². The number of nitrogens with one attached hydrogen (secondary N) is 1. The minimum Gasteiger partial charge on any atom is -0.495 e. The summed E-state index contributed by atoms with van der Waals surface area (Å²) in [5.74, 6) is -0.803. The second-order valence-corrected chi connectivity index (χ2v) is 9.11. The molecule has 24 heavy (non-hydrogen) atoms. The van der Waals surface area contributed by atoms with Gasteiger partial charge in [0.2, 0.25) is 26.0 Å². The maximum absolute atomic E-state index is 12.5. The van der Waals surface area contributed by atoms with Crippen LogP contribution in [0.1, 0.15) is 26.7 Å². The minimum absolute atomic E-state index is 0.0113. The van der Waals surface area contributed by atoms with Gasteiger partial charge < -0.3 is 4.74 Å². The summed E-state index contributed by atoms with van der Waals surface area (Å²) in [6, 6.07) is 3.52. The summed E-state index contributed by atoms with van der Waals surface area (Å²) < 4.78 is 57.3. The average Bonchev–Trinajstić information content (AvgIpc) is 2.79. The van der Waals surface area contributed by atoms with E-state index in [-0.39, 0.29) is 34.5 Å². The van der Waals surface area contributed by atoms with Gasteiger partial charge in [0.25, 0.3) is 0 Å². The third-order valence-corrected chi connectivity index (χ3v) is 7.02. The van der Waals surface area contributed by atoms with Gasteiger partial charge in [-0.3, -0.25) is 4.79 Å². The van der Waals surface area contributed by atoms with Gasteiger partial charge in [-0.05, 0) is 31.5 Å². The van der Waals surface area contributed by atoms with E-state index in [9.17, 15) is 21.6 Å². The zero-order chi connectivity index (χ0) is 18.1. The molecule has 0 unspecified atom stereocenters. The number of anilines is 1. The molecule has 1 atom stereocenters. The molecular weight excluding hydrogens is 356 g/mol. The fourth-order valence-corrected chi connectivity index (χ4v) is 5.25. The predicted octanol–water partition coefficient (Wildman–Crippen LogP) is 0.838. The second-order valence-electron chi connectivity index (χ2n) is 5.49. The summed E-state index contributed by atoms with van der Waals surface area (Å²) in [6.07, 6.45) is 0.460. The highest BCUT2D eigenvalue weighted by molar-refractivity contribution is 7.94. The van der Waals surface area contributed by atoms with Crippen molar-refractivity contribution in [1.82, 2.24) is 4.72 Å². The van der Waals surface area contributed by atoms with E-state index in [1.165, 1.54) is 19.2 Å². The molecule has 1 amide bonds. The largest absolute Gasteiger partial charge is 0.495 e. The number of benzene rings is 1. The molecule has 134 valence electrons. The Morgan fingerprint density at radius 2 is 2.04 bits per heavy atom. The van der Waals surface area contributed by atoms with Crippen LogP contribution in [0.3, 0.4) is 0 Å². The second kappa shape index (κ2) is 6.69. The normalized spacial score (nSPS) is 18.6. The quantitative estimate of drug-likeness (QED) is 0.788. The van der Waals surface area contributed by atoms with Gasteiger partial charge in [0.1, 0.15) is 10.6 Å². The molecule has 1 saturated heterocycles. The zero-order valence-electron chi connectivity index (χ0n) is 13.6. The Labute approximate surface area is 141 Å². The van der Waals surface area contributed by atoms with Crippen LogP contribution in [0.25, 0.3) is 0 Å². The molecule has 8 nitrogen and oxygen atoms in total. The SMILES string of the molecule is CC[C@@H](C)NS(=O)(=O)c1cc(N2C(=O)CCS2(=O)=O)ccc1OC. The van der Waals surface area contributed by atoms with Crippen LogP contribution in [-0.2, 0) is 24.8 Å². The first-order chi connectivity index (χ1) is 11.1. The third kappa shape index (κ3) is 3.55. The Balaban J connectivity index is 2.55. The maximum atomic E-state index is 12.5. The topological polar surface area (TPSA) is 110 Å². The Morgan fingerprint density at radius 1 is 1.38 bits per heavy atom. The van der Waals surface area contributed by atoms with Gasteiger partial charge in [0, 0.05) is 12.5 Å². The van der Waals surface area contributed by atoms with E-state index in [4.69, 9.17) is 4.74 Å². The lowest BCUT2D eigenvalue weighted by atomic mass is 10.3. The number of ether oxygens (including phenoxy) is 1. The lowest BCUT2D eigenvalue weighted by molar-refractivity contribution is -0.116. The van der Waals surface area contributed by atoms with Gasteiger partial charge >= 0.3 is 0 Å². The van der Waals surface area contributed by atoms with E-state index in [1.807, 2.05) is 6.92 Å². The number of hydrogen-bond donors (Lipinski definition) is 1. The molecule has 0 bridgehead atoms. The Hall–Kier alpha value is -1.65. The summed E-state index contributed by atoms with van der Waals surface area (Å²) >= 11 is 0. The van der Waals surface area contributed by atoms with E-state index >= 15 is 0 Å². The first-order valence-corrected chi connectivity index (χ1v) is 10.5. The van der Waals surface area contributed by atoms with Crippen molar-refractivity contribution in [3.63, 3.8) is 0 Å². The molecule has 10 heteroatoms. The molecule has 0 aromatic heterocycles. The molecule has 2 rings (SSSR count). The summed E-state index contributed by atoms with van der Waals surface area (Å²) in [5, 5.41) is 0. The number of carbonyl (C=O) groups excluding carboxylic acids is 1. The standard InChI is InChI=1S/C14H20N2O6S2/c1-4-10(2)15-24(20,21)13-9-11(5-6-12(13)22-3)16-14(17)7-8-23(16,18)19/h5-6,9-10,15H,4,7-8H2,1-3H3/t10-/m1/s1. The Kier molecular flexibility index (Phi) is 5.21. The van der Waals surface area contributed by atoms with Crippen molar-refractivity contribution in [2.75, 3.05) is 17.2 Å². The lowest BCUT2D eigenvalue weighted by Gasteiger charge is -2.19. The lowest BCUT2D eigenvalue weighted by Crippen LogP contribution is -2.33. The molecule has 1 N–H and O–H groups in total. The molecule has 0 radical (unpaired) electrons. The van der Waals surface area contributed by atoms with Gasteiger partial charge in [-0.2, -0.15) is 0 Å². The molecule has 0 saturated carbocycles. The van der Waals surface area contributed by atoms with E-state index in [1.54, 1.807) is 6.92 Å². The zero-order valence-corrected chi connectivity index (χ0v) is 15.3. The van der Waals surface area contributed by atoms with Crippen LogP contribution < -0.4 is 13.8 Å². The predicted molar refractivity (Wildman–Crippen MR) is 89.0 cm³/mol.